The van der Waals surface area contributed by atoms with E-state index in [-0.39, 0.29) is 18.5 Å². The van der Waals surface area contributed by atoms with Crippen LogP contribution in [0.4, 0.5) is 5.95 Å². The van der Waals surface area contributed by atoms with Gasteiger partial charge in [-0.3, -0.25) is 0 Å². The molecule has 1 unspecified atom stereocenters. The number of rotatable bonds is 1. The molecule has 0 radical (unpaired) electrons. The van der Waals surface area contributed by atoms with Gasteiger partial charge in [-0.1, -0.05) is 0 Å². The van der Waals surface area contributed by atoms with Crippen molar-refractivity contribution in [2.24, 2.45) is 7.05 Å². The second-order valence-corrected chi connectivity index (χ2v) is 3.23. The summed E-state index contributed by atoms with van der Waals surface area (Å²) in [6.07, 6.45) is 4.37. The van der Waals surface area contributed by atoms with Crippen molar-refractivity contribution in [1.29, 1.82) is 0 Å². The third-order valence-electron chi connectivity index (χ3n) is 2.24. The first-order valence-corrected chi connectivity index (χ1v) is 4.17. The molecule has 1 aromatic heterocycles. The summed E-state index contributed by atoms with van der Waals surface area (Å²) in [7, 11) is 1.97. The molecular formula is C8H14ClN3O. The highest BCUT2D eigenvalue weighted by molar-refractivity contribution is 5.85. The van der Waals surface area contributed by atoms with Crippen LogP contribution < -0.4 is 4.90 Å². The number of aryl methyl sites for hydroxylation is 1. The summed E-state index contributed by atoms with van der Waals surface area (Å²) >= 11 is 0. The zero-order chi connectivity index (χ0) is 8.55. The Morgan fingerprint density at radius 1 is 1.62 bits per heavy atom. The van der Waals surface area contributed by atoms with Crippen LogP contribution in [0.25, 0.3) is 0 Å². The number of aromatic nitrogens is 2. The molecule has 1 aliphatic rings. The zero-order valence-corrected chi connectivity index (χ0v) is 8.37. The van der Waals surface area contributed by atoms with Crippen LogP contribution in [0.5, 0.6) is 0 Å². The molecule has 0 aromatic carbocycles. The van der Waals surface area contributed by atoms with E-state index in [0.717, 1.165) is 18.9 Å². The monoisotopic (exact) mass is 203 g/mol. The third kappa shape index (κ3) is 1.95. The van der Waals surface area contributed by atoms with Crippen molar-refractivity contribution in [3.05, 3.63) is 12.4 Å². The molecule has 1 aromatic rings. The quantitative estimate of drug-likeness (QED) is 0.719. The highest BCUT2D eigenvalue weighted by Gasteiger charge is 2.22. The normalized spacial score (nSPS) is 21.7. The van der Waals surface area contributed by atoms with Crippen LogP contribution >= 0.6 is 12.4 Å². The standard InChI is InChI=1S/C8H13N3O.ClH/c1-10-5-3-9-8(10)11-4-2-7(12)6-11;/h3,5,7,12H,2,4,6H2,1H3;1H. The van der Waals surface area contributed by atoms with Crippen LogP contribution in [0.1, 0.15) is 6.42 Å². The van der Waals surface area contributed by atoms with Crippen LogP contribution in [-0.4, -0.2) is 33.9 Å². The Morgan fingerprint density at radius 2 is 2.38 bits per heavy atom. The van der Waals surface area contributed by atoms with Gasteiger partial charge < -0.3 is 14.6 Å². The summed E-state index contributed by atoms with van der Waals surface area (Å²) in [4.78, 5) is 6.31. The van der Waals surface area contributed by atoms with Gasteiger partial charge in [0.05, 0.1) is 6.10 Å². The Kier molecular flexibility index (Phi) is 3.17. The van der Waals surface area contributed by atoms with Gasteiger partial charge in [0, 0.05) is 32.5 Å². The van der Waals surface area contributed by atoms with Crippen molar-refractivity contribution in [3.8, 4) is 0 Å². The van der Waals surface area contributed by atoms with Crippen molar-refractivity contribution in [2.75, 3.05) is 18.0 Å². The molecule has 5 heteroatoms. The van der Waals surface area contributed by atoms with E-state index in [0.29, 0.717) is 6.54 Å². The molecule has 0 aliphatic carbocycles. The van der Waals surface area contributed by atoms with Crippen LogP contribution in [0.3, 0.4) is 0 Å². The van der Waals surface area contributed by atoms with Crippen molar-refractivity contribution < 1.29 is 5.11 Å². The Morgan fingerprint density at radius 3 is 2.85 bits per heavy atom. The molecule has 0 bridgehead atoms. The Labute approximate surface area is 83.6 Å². The fourth-order valence-corrected chi connectivity index (χ4v) is 1.59. The van der Waals surface area contributed by atoms with Crippen molar-refractivity contribution in [1.82, 2.24) is 9.55 Å². The molecule has 1 N–H and O–H groups in total. The zero-order valence-electron chi connectivity index (χ0n) is 7.55. The van der Waals surface area contributed by atoms with Crippen molar-refractivity contribution >= 4 is 18.4 Å². The molecule has 74 valence electrons. The fraction of sp³-hybridized carbons (Fsp3) is 0.625. The second kappa shape index (κ2) is 3.98. The van der Waals surface area contributed by atoms with Crippen LogP contribution in [0, 0.1) is 0 Å². The highest BCUT2D eigenvalue weighted by atomic mass is 35.5. The van der Waals surface area contributed by atoms with Gasteiger partial charge in [-0.05, 0) is 6.42 Å². The van der Waals surface area contributed by atoms with Crippen LogP contribution in [-0.2, 0) is 7.05 Å². The van der Waals surface area contributed by atoms with E-state index in [9.17, 15) is 5.11 Å². The van der Waals surface area contributed by atoms with Gasteiger partial charge in [-0.2, -0.15) is 0 Å². The first-order valence-electron chi connectivity index (χ1n) is 4.17. The molecule has 1 atom stereocenters. The molecule has 13 heavy (non-hydrogen) atoms. The average Bonchev–Trinajstić information content (AvgIpc) is 2.58. The van der Waals surface area contributed by atoms with Crippen LogP contribution in [0.2, 0.25) is 0 Å². The maximum absolute atomic E-state index is 9.31. The maximum Gasteiger partial charge on any atom is 0.205 e. The summed E-state index contributed by atoms with van der Waals surface area (Å²) in [6.45, 7) is 1.62. The van der Waals surface area contributed by atoms with E-state index < -0.39 is 0 Å². The summed E-state index contributed by atoms with van der Waals surface area (Å²) < 4.78 is 1.97. The molecular weight excluding hydrogens is 190 g/mol. The molecule has 0 saturated carbocycles. The fourth-order valence-electron chi connectivity index (χ4n) is 1.59. The minimum Gasteiger partial charge on any atom is -0.391 e. The van der Waals surface area contributed by atoms with Gasteiger partial charge in [0.15, 0.2) is 0 Å². The van der Waals surface area contributed by atoms with E-state index in [1.807, 2.05) is 17.8 Å². The SMILES string of the molecule is Cl.Cn1ccnc1N1CCC(O)C1. The lowest BCUT2D eigenvalue weighted by Crippen LogP contribution is -2.23. The highest BCUT2D eigenvalue weighted by Crippen LogP contribution is 2.16. The van der Waals surface area contributed by atoms with Gasteiger partial charge in [0.2, 0.25) is 5.95 Å². The maximum atomic E-state index is 9.31. The smallest absolute Gasteiger partial charge is 0.205 e. The topological polar surface area (TPSA) is 41.3 Å². The summed E-state index contributed by atoms with van der Waals surface area (Å²) in [5.41, 5.74) is 0. The number of aliphatic hydroxyl groups is 1. The number of aliphatic hydroxyl groups excluding tert-OH is 1. The van der Waals surface area contributed by atoms with Gasteiger partial charge in [0.1, 0.15) is 0 Å². The molecule has 1 saturated heterocycles. The number of nitrogens with zero attached hydrogens (tertiary/aromatic N) is 3. The molecule has 1 fully saturated rings. The number of imidazole rings is 1. The van der Waals surface area contributed by atoms with Crippen molar-refractivity contribution in [2.45, 2.75) is 12.5 Å². The average molecular weight is 204 g/mol. The Bertz CT molecular complexity index is 276. The second-order valence-electron chi connectivity index (χ2n) is 3.23. The lowest BCUT2D eigenvalue weighted by molar-refractivity contribution is 0.198. The largest absolute Gasteiger partial charge is 0.391 e. The molecule has 4 nitrogen and oxygen atoms in total. The number of hydrogen-bond acceptors (Lipinski definition) is 3. The van der Waals surface area contributed by atoms with E-state index in [2.05, 4.69) is 9.88 Å². The molecule has 2 rings (SSSR count). The minimum atomic E-state index is -0.179. The third-order valence-corrected chi connectivity index (χ3v) is 2.24. The van der Waals surface area contributed by atoms with E-state index >= 15 is 0 Å². The summed E-state index contributed by atoms with van der Waals surface area (Å²) in [6, 6.07) is 0. The molecule has 0 spiro atoms. The summed E-state index contributed by atoms with van der Waals surface area (Å²) in [5.74, 6) is 0.951. The van der Waals surface area contributed by atoms with E-state index in [1.165, 1.54) is 0 Å². The van der Waals surface area contributed by atoms with Crippen molar-refractivity contribution in [3.63, 3.8) is 0 Å². The number of anilines is 1. The number of halogens is 1. The van der Waals surface area contributed by atoms with Gasteiger partial charge in [-0.15, -0.1) is 12.4 Å². The van der Waals surface area contributed by atoms with Gasteiger partial charge >= 0.3 is 0 Å². The lowest BCUT2D eigenvalue weighted by Gasteiger charge is -2.15. The molecule has 2 heterocycles. The van der Waals surface area contributed by atoms with Gasteiger partial charge in [0.25, 0.3) is 0 Å². The first kappa shape index (κ1) is 10.3. The molecule has 0 amide bonds. The van der Waals surface area contributed by atoms with Gasteiger partial charge in [-0.25, -0.2) is 4.98 Å². The Balaban J connectivity index is 0.000000845. The summed E-state index contributed by atoms with van der Waals surface area (Å²) in [5, 5.41) is 9.31. The van der Waals surface area contributed by atoms with E-state index in [4.69, 9.17) is 0 Å². The molecule has 1 aliphatic heterocycles. The minimum absolute atomic E-state index is 0. The predicted octanol–water partition coefficient (Wildman–Crippen LogP) is 0.413. The predicted molar refractivity (Wildman–Crippen MR) is 53.3 cm³/mol. The number of β-amino-alcohol motifs (C(OH)–C–C–N with tert-alkyl or cyclic N) is 1. The lowest BCUT2D eigenvalue weighted by atomic mass is 10.3. The number of hydrogen-bond donors (Lipinski definition) is 1. The first-order chi connectivity index (χ1) is 5.77. The van der Waals surface area contributed by atoms with E-state index in [1.54, 1.807) is 6.20 Å². The Hall–Kier alpha value is -0.740. The van der Waals surface area contributed by atoms with Crippen LogP contribution in [0.15, 0.2) is 12.4 Å².